The molecule has 1 aliphatic rings. The predicted molar refractivity (Wildman–Crippen MR) is 79.8 cm³/mol. The molecule has 8 heteroatoms. The Morgan fingerprint density at radius 3 is 2.52 bits per heavy atom. The summed E-state index contributed by atoms with van der Waals surface area (Å²) in [5, 5.41) is 3.21. The molecule has 3 rings (SSSR count). The third kappa shape index (κ3) is 4.01. The maximum atomic E-state index is 12.1. The maximum Gasteiger partial charge on any atom is 0.573 e. The Balaban J connectivity index is 1.67. The first-order valence-electron chi connectivity index (χ1n) is 7.06. The first-order chi connectivity index (χ1) is 10.9. The van der Waals surface area contributed by atoms with Crippen molar-refractivity contribution >= 4 is 22.4 Å². The molecule has 122 valence electrons. The molecular weight excluding hydrogens is 329 g/mol. The van der Waals surface area contributed by atoms with Crippen molar-refractivity contribution in [2.75, 3.05) is 5.32 Å². The molecule has 0 saturated carbocycles. The molecule has 1 aliphatic carbocycles. The molecule has 4 nitrogen and oxygen atoms in total. The number of thiazole rings is 1. The number of fused-ring (bicyclic) bond motifs is 1. The van der Waals surface area contributed by atoms with Gasteiger partial charge in [-0.05, 0) is 49.9 Å². The minimum absolute atomic E-state index is 0.243. The number of anilines is 1. The van der Waals surface area contributed by atoms with Crippen molar-refractivity contribution in [1.29, 1.82) is 0 Å². The molecule has 0 radical (unpaired) electrons. The third-order valence-corrected chi connectivity index (χ3v) is 4.49. The number of alkyl halides is 3. The van der Waals surface area contributed by atoms with Gasteiger partial charge < -0.3 is 4.74 Å². The Bertz CT molecular complexity index is 687. The van der Waals surface area contributed by atoms with E-state index in [1.54, 1.807) is 0 Å². The van der Waals surface area contributed by atoms with E-state index in [1.165, 1.54) is 28.3 Å². The maximum absolute atomic E-state index is 12.1. The van der Waals surface area contributed by atoms with Crippen molar-refractivity contribution in [2.45, 2.75) is 32.0 Å². The summed E-state index contributed by atoms with van der Waals surface area (Å²) in [5.74, 6) is -0.770. The van der Waals surface area contributed by atoms with Crippen LogP contribution in [0.3, 0.4) is 0 Å². The fourth-order valence-electron chi connectivity index (χ4n) is 2.38. The molecule has 0 bridgehead atoms. The van der Waals surface area contributed by atoms with E-state index in [1.807, 2.05) is 0 Å². The Morgan fingerprint density at radius 1 is 1.17 bits per heavy atom. The van der Waals surface area contributed by atoms with Gasteiger partial charge in [0.05, 0.1) is 5.69 Å². The Morgan fingerprint density at radius 2 is 1.87 bits per heavy atom. The zero-order valence-corrected chi connectivity index (χ0v) is 12.8. The average molecular weight is 342 g/mol. The average Bonchev–Trinajstić information content (AvgIpc) is 2.88. The van der Waals surface area contributed by atoms with Gasteiger partial charge in [-0.1, -0.05) is 0 Å². The van der Waals surface area contributed by atoms with Gasteiger partial charge in [0.25, 0.3) is 5.91 Å². The summed E-state index contributed by atoms with van der Waals surface area (Å²) in [6, 6.07) is 4.78. The van der Waals surface area contributed by atoms with Gasteiger partial charge in [-0.25, -0.2) is 4.98 Å². The second kappa shape index (κ2) is 6.19. The van der Waals surface area contributed by atoms with Crippen molar-refractivity contribution in [3.05, 3.63) is 40.4 Å². The largest absolute Gasteiger partial charge is 0.573 e. The molecule has 1 N–H and O–H groups in total. The monoisotopic (exact) mass is 342 g/mol. The van der Waals surface area contributed by atoms with E-state index in [0.717, 1.165) is 43.5 Å². The molecule has 0 spiro atoms. The van der Waals surface area contributed by atoms with E-state index in [-0.39, 0.29) is 11.3 Å². The minimum Gasteiger partial charge on any atom is -0.406 e. The van der Waals surface area contributed by atoms with Crippen LogP contribution in [0.25, 0.3) is 0 Å². The standard InChI is InChI=1S/C15H13F3N2O2S/c16-15(17,18)22-10-7-5-9(6-8-10)13(21)20-14-19-11-3-1-2-4-12(11)23-14/h5-8H,1-4H2,(H,19,20,21). The van der Waals surface area contributed by atoms with Gasteiger partial charge in [0.15, 0.2) is 5.13 Å². The first kappa shape index (κ1) is 15.8. The third-order valence-electron chi connectivity index (χ3n) is 3.42. The molecule has 0 aliphatic heterocycles. The molecule has 23 heavy (non-hydrogen) atoms. The molecule has 1 heterocycles. The highest BCUT2D eigenvalue weighted by molar-refractivity contribution is 7.15. The smallest absolute Gasteiger partial charge is 0.406 e. The van der Waals surface area contributed by atoms with Crippen LogP contribution in [0.1, 0.15) is 33.8 Å². The minimum atomic E-state index is -4.75. The van der Waals surface area contributed by atoms with Crippen LogP contribution in [0.2, 0.25) is 0 Å². The molecule has 2 aromatic rings. The van der Waals surface area contributed by atoms with Gasteiger partial charge in [0, 0.05) is 10.4 Å². The number of nitrogens with one attached hydrogen (secondary N) is 1. The quantitative estimate of drug-likeness (QED) is 0.911. The van der Waals surface area contributed by atoms with Gasteiger partial charge in [0.2, 0.25) is 0 Å². The summed E-state index contributed by atoms with van der Waals surface area (Å²) in [5.41, 5.74) is 1.28. The van der Waals surface area contributed by atoms with Crippen molar-refractivity contribution in [1.82, 2.24) is 4.98 Å². The van der Waals surface area contributed by atoms with Gasteiger partial charge in [-0.15, -0.1) is 24.5 Å². The zero-order valence-electron chi connectivity index (χ0n) is 11.9. The molecule has 1 aromatic heterocycles. The number of halogens is 3. The van der Waals surface area contributed by atoms with Gasteiger partial charge in [-0.3, -0.25) is 10.1 Å². The van der Waals surface area contributed by atoms with E-state index >= 15 is 0 Å². The summed E-state index contributed by atoms with van der Waals surface area (Å²) in [4.78, 5) is 17.7. The second-order valence-electron chi connectivity index (χ2n) is 5.12. The highest BCUT2D eigenvalue weighted by Gasteiger charge is 2.31. The van der Waals surface area contributed by atoms with E-state index < -0.39 is 12.3 Å². The van der Waals surface area contributed by atoms with Crippen LogP contribution in [-0.4, -0.2) is 17.3 Å². The number of benzene rings is 1. The summed E-state index contributed by atoms with van der Waals surface area (Å²) >= 11 is 1.45. The fourth-order valence-corrected chi connectivity index (χ4v) is 3.43. The number of carbonyl (C=O) groups excluding carboxylic acids is 1. The SMILES string of the molecule is O=C(Nc1nc2c(s1)CCCC2)c1ccc(OC(F)(F)F)cc1. The van der Waals surface area contributed by atoms with E-state index in [2.05, 4.69) is 15.0 Å². The lowest BCUT2D eigenvalue weighted by Gasteiger charge is -2.09. The number of rotatable bonds is 3. The highest BCUT2D eigenvalue weighted by Crippen LogP contribution is 2.30. The molecule has 1 amide bonds. The molecule has 0 unspecified atom stereocenters. The van der Waals surface area contributed by atoms with E-state index in [0.29, 0.717) is 5.13 Å². The van der Waals surface area contributed by atoms with Crippen molar-refractivity contribution in [2.24, 2.45) is 0 Å². The number of carbonyl (C=O) groups is 1. The summed E-state index contributed by atoms with van der Waals surface area (Å²) in [6.45, 7) is 0. The number of ether oxygens (including phenoxy) is 1. The van der Waals surface area contributed by atoms with Gasteiger partial charge in [-0.2, -0.15) is 0 Å². The van der Waals surface area contributed by atoms with Crippen LogP contribution in [-0.2, 0) is 12.8 Å². The number of aromatic nitrogens is 1. The van der Waals surface area contributed by atoms with Crippen molar-refractivity contribution < 1.29 is 22.7 Å². The Hall–Kier alpha value is -2.09. The van der Waals surface area contributed by atoms with Crippen molar-refractivity contribution in [3.8, 4) is 5.75 Å². The lowest BCUT2D eigenvalue weighted by molar-refractivity contribution is -0.274. The normalized spacial score (nSPS) is 14.2. The molecule has 0 fully saturated rings. The van der Waals surface area contributed by atoms with Gasteiger partial charge >= 0.3 is 6.36 Å². The number of amides is 1. The fraction of sp³-hybridized carbons (Fsp3) is 0.333. The lowest BCUT2D eigenvalue weighted by atomic mass is 10.0. The van der Waals surface area contributed by atoms with Crippen LogP contribution < -0.4 is 10.1 Å². The van der Waals surface area contributed by atoms with Crippen LogP contribution >= 0.6 is 11.3 Å². The van der Waals surface area contributed by atoms with E-state index in [9.17, 15) is 18.0 Å². The second-order valence-corrected chi connectivity index (χ2v) is 6.21. The van der Waals surface area contributed by atoms with Gasteiger partial charge in [0.1, 0.15) is 5.75 Å². The highest BCUT2D eigenvalue weighted by atomic mass is 32.1. The van der Waals surface area contributed by atoms with Crippen LogP contribution in [0.15, 0.2) is 24.3 Å². The summed E-state index contributed by atoms with van der Waals surface area (Å²) in [6.07, 6.45) is -0.616. The Kier molecular flexibility index (Phi) is 4.25. The lowest BCUT2D eigenvalue weighted by Crippen LogP contribution is -2.17. The molecular formula is C15H13F3N2O2S. The first-order valence-corrected chi connectivity index (χ1v) is 7.88. The van der Waals surface area contributed by atoms with Crippen LogP contribution in [0.5, 0.6) is 5.75 Å². The molecule has 0 atom stereocenters. The van der Waals surface area contributed by atoms with Crippen molar-refractivity contribution in [3.63, 3.8) is 0 Å². The predicted octanol–water partition coefficient (Wildman–Crippen LogP) is 4.17. The molecule has 0 saturated heterocycles. The number of hydrogen-bond donors (Lipinski definition) is 1. The Labute approximate surface area is 134 Å². The number of nitrogens with zero attached hydrogens (tertiary/aromatic N) is 1. The van der Waals surface area contributed by atoms with Crippen LogP contribution in [0, 0.1) is 0 Å². The topological polar surface area (TPSA) is 51.2 Å². The number of hydrogen-bond acceptors (Lipinski definition) is 4. The summed E-state index contributed by atoms with van der Waals surface area (Å²) in [7, 11) is 0. The summed E-state index contributed by atoms with van der Waals surface area (Å²) < 4.78 is 40.0. The molecule has 1 aromatic carbocycles. The van der Waals surface area contributed by atoms with Crippen LogP contribution in [0.4, 0.5) is 18.3 Å². The zero-order chi connectivity index (χ0) is 16.4. The number of aryl methyl sites for hydroxylation is 2. The van der Waals surface area contributed by atoms with E-state index in [4.69, 9.17) is 0 Å².